The van der Waals surface area contributed by atoms with Gasteiger partial charge in [-0.25, -0.2) is 0 Å². The van der Waals surface area contributed by atoms with Crippen molar-refractivity contribution in [3.8, 4) is 12.1 Å². The van der Waals surface area contributed by atoms with E-state index >= 15 is 0 Å². The van der Waals surface area contributed by atoms with Crippen LogP contribution in [0, 0.1) is 34.5 Å². The van der Waals surface area contributed by atoms with E-state index in [0.717, 1.165) is 97.0 Å². The second-order valence-electron chi connectivity index (χ2n) is 24.1. The number of carbonyl (C=O) groups is 2. The molecule has 8 rings (SSSR count). The van der Waals surface area contributed by atoms with E-state index in [1.807, 2.05) is 11.8 Å². The number of carboxylic acids is 1. The zero-order valence-corrected chi connectivity index (χ0v) is 50.5. The molecule has 0 bridgehead atoms. The van der Waals surface area contributed by atoms with Crippen LogP contribution in [0.3, 0.4) is 0 Å². The number of piperazine rings is 2. The summed E-state index contributed by atoms with van der Waals surface area (Å²) in [5.41, 5.74) is 3.72. The van der Waals surface area contributed by atoms with Gasteiger partial charge in [-0.05, 0) is 95.5 Å². The number of hydrogen-bond donors (Lipinski definition) is 3. The maximum Gasteiger partial charge on any atom is 1.00 e. The van der Waals surface area contributed by atoms with E-state index in [9.17, 15) is 41.0 Å². The van der Waals surface area contributed by atoms with Crippen LogP contribution in [0.25, 0.3) is 0 Å². The van der Waals surface area contributed by atoms with Gasteiger partial charge in [0.05, 0.1) is 47.5 Å². The van der Waals surface area contributed by atoms with Crippen LogP contribution in [0.4, 0.5) is 49.1 Å². The van der Waals surface area contributed by atoms with Crippen LogP contribution in [0.5, 0.6) is 0 Å². The Hall–Kier alpha value is -5.65. The van der Waals surface area contributed by atoms with Crippen LogP contribution in [-0.4, -0.2) is 130 Å². The molecule has 0 aromatic heterocycles. The van der Waals surface area contributed by atoms with Crippen LogP contribution in [0.2, 0.25) is 0 Å². The molecule has 448 valence electrons. The average molecular weight is 1170 g/mol. The largest absolute Gasteiger partial charge is 1.00 e. The standard InChI is InChI=1S/C31H40F3N5O.C18H28N2O2.C13H14F3N3.ClH.Li/c1-22(21-37-15-17-38(18-16-37)27-9-6-24(7-10-27)30(2,3)4)29(40)39-13-11-25(12-14-39)36-26-8-5-23(20-35)28(19-26)31(32,33)34;1-14(17(21)22)13-19-9-11-20(12-10-19)16-7-5-15(6-8-16)18(2,3)4;14-13(15,16)12-7-11(2-1-9(12)8-17)19-10-3-5-18-6-4-10;;/h5-10,19,22,25,36H,11-18,21H2,1-4H3;5-8,14H,9-13H2,1-4H3,(H,21,22);1-2,7,10,18-19H,3-6H2;1H;/q;;;;+1/p-1. The van der Waals surface area contributed by atoms with Crippen molar-refractivity contribution in [3.05, 3.63) is 118 Å². The van der Waals surface area contributed by atoms with Crippen molar-refractivity contribution >= 4 is 34.6 Å². The molecule has 4 fully saturated rings. The zero-order valence-electron chi connectivity index (χ0n) is 49.7. The molecule has 4 saturated heterocycles. The van der Waals surface area contributed by atoms with E-state index in [1.165, 1.54) is 46.8 Å². The molecule has 0 aliphatic carbocycles. The van der Waals surface area contributed by atoms with Crippen molar-refractivity contribution in [2.75, 3.05) is 112 Å². The Morgan fingerprint density at radius 3 is 1.28 bits per heavy atom. The molecule has 83 heavy (non-hydrogen) atoms. The first-order chi connectivity index (χ1) is 38.1. The molecule has 4 heterocycles. The summed E-state index contributed by atoms with van der Waals surface area (Å²) in [5, 5.41) is 37.0. The minimum atomic E-state index is -4.58. The van der Waals surface area contributed by atoms with Crippen molar-refractivity contribution in [2.24, 2.45) is 11.8 Å². The zero-order chi connectivity index (χ0) is 59.3. The summed E-state index contributed by atoms with van der Waals surface area (Å²) in [6.45, 7) is 28.8. The number of nitrogens with two attached hydrogens (primary N) is 1. The fraction of sp³-hybridized carbons (Fsp3) is 0.548. The van der Waals surface area contributed by atoms with Crippen LogP contribution in [0.15, 0.2) is 84.9 Å². The third kappa shape index (κ3) is 20.8. The Bertz CT molecular complexity index is 2770. The fourth-order valence-electron chi connectivity index (χ4n) is 10.7. The summed E-state index contributed by atoms with van der Waals surface area (Å²) in [4.78, 5) is 35.2. The van der Waals surface area contributed by atoms with E-state index in [1.54, 1.807) is 19.1 Å². The Kier molecular flexibility index (Phi) is 26.0. The molecule has 4 aromatic rings. The van der Waals surface area contributed by atoms with Gasteiger partial charge in [0, 0.05) is 144 Å². The molecule has 2 atom stereocenters. The molecule has 0 radical (unpaired) electrons. The third-order valence-electron chi connectivity index (χ3n) is 15.7. The van der Waals surface area contributed by atoms with Crippen LogP contribution < -0.4 is 62.1 Å². The normalized spacial score (nSPS) is 17.6. The topological polar surface area (TPSA) is 162 Å². The Labute approximate surface area is 505 Å². The smallest absolute Gasteiger partial charge is 1.00 e. The van der Waals surface area contributed by atoms with Gasteiger partial charge in [0.15, 0.2) is 0 Å². The number of carboxylic acid groups (broad SMARTS) is 1. The van der Waals surface area contributed by atoms with E-state index in [0.29, 0.717) is 43.9 Å². The second kappa shape index (κ2) is 30.9. The second-order valence-corrected chi connectivity index (χ2v) is 24.1. The number of amides is 1. The number of aliphatic carboxylic acids is 1. The van der Waals surface area contributed by atoms with E-state index in [-0.39, 0.29) is 77.1 Å². The van der Waals surface area contributed by atoms with Crippen molar-refractivity contribution in [2.45, 2.75) is 116 Å². The van der Waals surface area contributed by atoms with Crippen LogP contribution in [0.1, 0.15) is 114 Å². The molecule has 4 aliphatic heterocycles. The molecule has 0 spiro atoms. The van der Waals surface area contributed by atoms with Crippen LogP contribution in [-0.2, 0) is 32.8 Å². The summed E-state index contributed by atoms with van der Waals surface area (Å²) in [6, 6.07) is 28.5. The number of nitrogens with zero attached hydrogens (tertiary/aromatic N) is 7. The van der Waals surface area contributed by atoms with Gasteiger partial charge in [0.25, 0.3) is 0 Å². The van der Waals surface area contributed by atoms with Crippen LogP contribution >= 0.6 is 0 Å². The molecule has 4 N–H and O–H groups in total. The monoisotopic (exact) mass is 1170 g/mol. The molecule has 21 heteroatoms. The summed E-state index contributed by atoms with van der Waals surface area (Å²) >= 11 is 0. The van der Waals surface area contributed by atoms with Crippen molar-refractivity contribution < 1.29 is 77.6 Å². The number of anilines is 4. The minimum Gasteiger partial charge on any atom is -1.00 e. The summed E-state index contributed by atoms with van der Waals surface area (Å²) in [7, 11) is 0. The Morgan fingerprint density at radius 2 is 0.940 bits per heavy atom. The van der Waals surface area contributed by atoms with Gasteiger partial charge in [-0.2, -0.15) is 36.9 Å². The number of nitriles is 2. The number of hydrogen-bond acceptors (Lipinski definition) is 11. The minimum absolute atomic E-state index is 0. The van der Waals surface area contributed by atoms with E-state index in [2.05, 4.69) is 126 Å². The van der Waals surface area contributed by atoms with Gasteiger partial charge < -0.3 is 53.0 Å². The molecule has 4 aliphatic rings. The number of likely N-dealkylation sites (tertiary alicyclic amines) is 1. The fourth-order valence-corrected chi connectivity index (χ4v) is 10.7. The maximum absolute atomic E-state index is 13.3. The summed E-state index contributed by atoms with van der Waals surface area (Å²) in [6.07, 6.45) is -5.90. The first kappa shape index (κ1) is 69.8. The number of quaternary nitrogens is 1. The average Bonchev–Trinajstić information content (AvgIpc) is 3.56. The van der Waals surface area contributed by atoms with E-state index < -0.39 is 35.4 Å². The van der Waals surface area contributed by atoms with Gasteiger partial charge >= 0.3 is 31.2 Å². The number of alkyl halides is 6. The number of benzene rings is 4. The predicted octanol–water partition coefficient (Wildman–Crippen LogP) is 2.95. The van der Waals surface area contributed by atoms with Gasteiger partial charge in [-0.1, -0.05) is 79.7 Å². The van der Waals surface area contributed by atoms with Crippen molar-refractivity contribution in [1.82, 2.24) is 14.7 Å². The van der Waals surface area contributed by atoms with Gasteiger partial charge in [0.1, 0.15) is 0 Å². The first-order valence-electron chi connectivity index (χ1n) is 28.4. The molecule has 4 aromatic carbocycles. The van der Waals surface area contributed by atoms with Gasteiger partial charge in [-0.3, -0.25) is 14.6 Å². The Balaban J connectivity index is 0.000000291. The van der Waals surface area contributed by atoms with Crippen molar-refractivity contribution in [3.63, 3.8) is 0 Å². The van der Waals surface area contributed by atoms with Gasteiger partial charge in [0.2, 0.25) is 5.91 Å². The quantitative estimate of drug-likeness (QED) is 0.142. The SMILES string of the molecule is CC(CN1CCN(c2ccc(C(C)(C)C)cc2)CC1)C(=O)N1CCC(Nc2ccc(C#N)c(C(F)(F)F)c2)CC1.CC(CN1CCN(c2ccc(C(C)(C)C)cc2)CC1)C(=O)[O-].N#Cc1ccc(NC2CC[NH2+]CC2)cc1C(F)(F)F.[Cl-].[Li+]. The van der Waals surface area contributed by atoms with E-state index in [4.69, 9.17) is 10.5 Å². The number of piperidine rings is 2. The molecule has 2 unspecified atom stereocenters. The molecule has 1 amide bonds. The molecular formula is C62H82ClF6LiN10O3. The van der Waals surface area contributed by atoms with Gasteiger partial charge in [-0.15, -0.1) is 0 Å². The molecule has 13 nitrogen and oxygen atoms in total. The first-order valence-corrected chi connectivity index (χ1v) is 28.4. The number of nitrogens with one attached hydrogen (secondary N) is 2. The number of halogens is 7. The molecule has 0 saturated carbocycles. The number of rotatable bonds is 12. The summed E-state index contributed by atoms with van der Waals surface area (Å²) < 4.78 is 78.3. The third-order valence-corrected chi connectivity index (χ3v) is 15.7. The maximum atomic E-state index is 13.3. The number of carbonyl (C=O) groups excluding carboxylic acids is 2. The Morgan fingerprint density at radius 1 is 0.578 bits per heavy atom. The van der Waals surface area contributed by atoms with Crippen molar-refractivity contribution in [1.29, 1.82) is 10.5 Å². The predicted molar refractivity (Wildman–Crippen MR) is 305 cm³/mol. The summed E-state index contributed by atoms with van der Waals surface area (Å²) in [5.74, 6) is -1.34. The molecular weight excluding hydrogens is 1090 g/mol.